The van der Waals surface area contributed by atoms with E-state index in [1.807, 2.05) is 6.07 Å². The van der Waals surface area contributed by atoms with Gasteiger partial charge in [0.25, 0.3) is 0 Å². The van der Waals surface area contributed by atoms with Crippen molar-refractivity contribution in [3.05, 3.63) is 29.8 Å². The van der Waals surface area contributed by atoms with Crippen molar-refractivity contribution in [1.82, 2.24) is 5.32 Å². The third-order valence-electron chi connectivity index (χ3n) is 2.51. The van der Waals surface area contributed by atoms with Gasteiger partial charge in [0.15, 0.2) is 0 Å². The van der Waals surface area contributed by atoms with Crippen LogP contribution in [0, 0.1) is 17.2 Å². The summed E-state index contributed by atoms with van der Waals surface area (Å²) in [6, 6.07) is 7.04. The maximum absolute atomic E-state index is 12.0. The molecule has 1 atom stereocenters. The lowest BCUT2D eigenvalue weighted by molar-refractivity contribution is -0.118. The Balaban J connectivity index is 2.81. The van der Waals surface area contributed by atoms with E-state index in [1.54, 1.807) is 38.1 Å². The molecule has 6 heteroatoms. The number of amides is 3. The molecule has 0 fully saturated rings. The minimum absolute atomic E-state index is 0.105. The molecular weight excluding hydrogens is 244 g/mol. The third-order valence-corrected chi connectivity index (χ3v) is 2.51. The molecule has 1 aromatic carbocycles. The van der Waals surface area contributed by atoms with Gasteiger partial charge in [-0.15, -0.1) is 0 Å². The molecule has 100 valence electrons. The summed E-state index contributed by atoms with van der Waals surface area (Å²) in [4.78, 5) is 22.9. The smallest absolute Gasteiger partial charge is 0.312 e. The number of nitrogens with zero attached hydrogens (tertiary/aromatic N) is 1. The summed E-state index contributed by atoms with van der Waals surface area (Å²) in [6.45, 7) is 3.60. The van der Waals surface area contributed by atoms with Crippen LogP contribution in [0.1, 0.15) is 19.4 Å². The molecule has 0 aromatic heterocycles. The molecule has 0 radical (unpaired) electrons. The molecule has 0 bridgehead atoms. The van der Waals surface area contributed by atoms with Gasteiger partial charge in [-0.05, 0) is 24.1 Å². The van der Waals surface area contributed by atoms with Gasteiger partial charge in [-0.1, -0.05) is 19.9 Å². The SMILES string of the molecule is CC(C)C(NC(N)=O)C(=O)Nc1cccc(C#N)c1. The van der Waals surface area contributed by atoms with E-state index in [1.165, 1.54) is 0 Å². The topological polar surface area (TPSA) is 108 Å². The van der Waals surface area contributed by atoms with Crippen molar-refractivity contribution in [3.63, 3.8) is 0 Å². The third kappa shape index (κ3) is 4.32. The normalized spacial score (nSPS) is 11.5. The number of primary amides is 1. The number of urea groups is 1. The summed E-state index contributed by atoms with van der Waals surface area (Å²) in [7, 11) is 0. The van der Waals surface area contributed by atoms with Crippen LogP contribution >= 0.6 is 0 Å². The van der Waals surface area contributed by atoms with Gasteiger partial charge in [0.1, 0.15) is 6.04 Å². The molecule has 0 aliphatic rings. The quantitative estimate of drug-likeness (QED) is 0.756. The van der Waals surface area contributed by atoms with Crippen LogP contribution in [0.25, 0.3) is 0 Å². The van der Waals surface area contributed by atoms with Crippen molar-refractivity contribution in [2.75, 3.05) is 5.32 Å². The van der Waals surface area contributed by atoms with Crippen LogP contribution in [0.4, 0.5) is 10.5 Å². The molecule has 1 unspecified atom stereocenters. The molecule has 0 heterocycles. The molecule has 1 rings (SSSR count). The zero-order chi connectivity index (χ0) is 14.4. The van der Waals surface area contributed by atoms with Gasteiger partial charge in [0.05, 0.1) is 11.6 Å². The van der Waals surface area contributed by atoms with E-state index in [-0.39, 0.29) is 11.8 Å². The van der Waals surface area contributed by atoms with Gasteiger partial charge in [0, 0.05) is 5.69 Å². The summed E-state index contributed by atoms with van der Waals surface area (Å²) in [5, 5.41) is 13.8. The lowest BCUT2D eigenvalue weighted by atomic mass is 10.0. The summed E-state index contributed by atoms with van der Waals surface area (Å²) in [5.74, 6) is -0.476. The predicted octanol–water partition coefficient (Wildman–Crippen LogP) is 1.19. The number of nitriles is 1. The first-order valence-electron chi connectivity index (χ1n) is 5.81. The number of carbonyl (C=O) groups excluding carboxylic acids is 2. The second-order valence-corrected chi connectivity index (χ2v) is 4.41. The highest BCUT2D eigenvalue weighted by molar-refractivity contribution is 5.97. The monoisotopic (exact) mass is 260 g/mol. The van der Waals surface area contributed by atoms with Crippen LogP contribution in [-0.4, -0.2) is 18.0 Å². The number of rotatable bonds is 4. The largest absolute Gasteiger partial charge is 0.352 e. The zero-order valence-corrected chi connectivity index (χ0v) is 10.8. The molecule has 6 nitrogen and oxygen atoms in total. The zero-order valence-electron chi connectivity index (χ0n) is 10.8. The molecule has 0 saturated carbocycles. The first kappa shape index (κ1) is 14.5. The summed E-state index contributed by atoms with van der Waals surface area (Å²) in [5.41, 5.74) is 5.98. The molecule has 3 amide bonds. The van der Waals surface area contributed by atoms with E-state index in [0.29, 0.717) is 11.3 Å². The van der Waals surface area contributed by atoms with Crippen LogP contribution in [0.3, 0.4) is 0 Å². The second kappa shape index (κ2) is 6.40. The minimum Gasteiger partial charge on any atom is -0.352 e. The molecule has 0 saturated heterocycles. The van der Waals surface area contributed by atoms with Crippen LogP contribution in [0.5, 0.6) is 0 Å². The van der Waals surface area contributed by atoms with E-state index >= 15 is 0 Å². The lowest BCUT2D eigenvalue weighted by Crippen LogP contribution is -2.49. The Morgan fingerprint density at radius 1 is 1.37 bits per heavy atom. The molecule has 0 aliphatic carbocycles. The molecule has 1 aromatic rings. The predicted molar refractivity (Wildman–Crippen MR) is 71.1 cm³/mol. The molecular formula is C13H16N4O2. The standard InChI is InChI=1S/C13H16N4O2/c1-8(2)11(17-13(15)19)12(18)16-10-5-3-4-9(6-10)7-14/h3-6,8,11H,1-2H3,(H,16,18)(H3,15,17,19). The highest BCUT2D eigenvalue weighted by Gasteiger charge is 2.23. The first-order valence-corrected chi connectivity index (χ1v) is 5.81. The fourth-order valence-corrected chi connectivity index (χ4v) is 1.57. The van der Waals surface area contributed by atoms with Gasteiger partial charge in [-0.3, -0.25) is 4.79 Å². The number of hydrogen-bond donors (Lipinski definition) is 3. The van der Waals surface area contributed by atoms with Crippen molar-refractivity contribution in [1.29, 1.82) is 5.26 Å². The van der Waals surface area contributed by atoms with Crippen LogP contribution < -0.4 is 16.4 Å². The number of nitrogens with two attached hydrogens (primary N) is 1. The van der Waals surface area contributed by atoms with Gasteiger partial charge in [0.2, 0.25) is 5.91 Å². The fraction of sp³-hybridized carbons (Fsp3) is 0.308. The Morgan fingerprint density at radius 3 is 2.58 bits per heavy atom. The van der Waals surface area contributed by atoms with E-state index < -0.39 is 12.1 Å². The van der Waals surface area contributed by atoms with Gasteiger partial charge < -0.3 is 16.4 Å². The highest BCUT2D eigenvalue weighted by Crippen LogP contribution is 2.12. The van der Waals surface area contributed by atoms with Gasteiger partial charge in [-0.2, -0.15) is 5.26 Å². The number of hydrogen-bond acceptors (Lipinski definition) is 3. The second-order valence-electron chi connectivity index (χ2n) is 4.41. The Hall–Kier alpha value is -2.55. The van der Waals surface area contributed by atoms with Gasteiger partial charge >= 0.3 is 6.03 Å². The van der Waals surface area contributed by atoms with E-state index in [0.717, 1.165) is 0 Å². The Kier molecular flexibility index (Phi) is 4.89. The molecule has 19 heavy (non-hydrogen) atoms. The molecule has 0 spiro atoms. The average Bonchev–Trinajstić information content (AvgIpc) is 2.35. The Morgan fingerprint density at radius 2 is 2.05 bits per heavy atom. The van der Waals surface area contributed by atoms with E-state index in [9.17, 15) is 9.59 Å². The van der Waals surface area contributed by atoms with Crippen LogP contribution in [-0.2, 0) is 4.79 Å². The molecule has 4 N–H and O–H groups in total. The minimum atomic E-state index is -0.750. The Labute approximate surface area is 111 Å². The summed E-state index contributed by atoms with van der Waals surface area (Å²) in [6.07, 6.45) is 0. The van der Waals surface area contributed by atoms with E-state index in [4.69, 9.17) is 11.0 Å². The number of nitrogens with one attached hydrogen (secondary N) is 2. The summed E-state index contributed by atoms with van der Waals surface area (Å²) < 4.78 is 0. The van der Waals surface area contributed by atoms with Crippen molar-refractivity contribution in [3.8, 4) is 6.07 Å². The average molecular weight is 260 g/mol. The number of carbonyl (C=O) groups is 2. The maximum atomic E-state index is 12.0. The van der Waals surface area contributed by atoms with Crippen molar-refractivity contribution in [2.45, 2.75) is 19.9 Å². The Bertz CT molecular complexity index is 520. The number of anilines is 1. The van der Waals surface area contributed by atoms with Crippen LogP contribution in [0.15, 0.2) is 24.3 Å². The fourth-order valence-electron chi connectivity index (χ4n) is 1.57. The summed E-state index contributed by atoms with van der Waals surface area (Å²) >= 11 is 0. The van der Waals surface area contributed by atoms with Crippen molar-refractivity contribution in [2.24, 2.45) is 11.7 Å². The first-order chi connectivity index (χ1) is 8.93. The van der Waals surface area contributed by atoms with Crippen LogP contribution in [0.2, 0.25) is 0 Å². The van der Waals surface area contributed by atoms with Gasteiger partial charge in [-0.25, -0.2) is 4.79 Å². The van der Waals surface area contributed by atoms with E-state index in [2.05, 4.69) is 10.6 Å². The number of benzene rings is 1. The maximum Gasteiger partial charge on any atom is 0.312 e. The highest BCUT2D eigenvalue weighted by atomic mass is 16.2. The lowest BCUT2D eigenvalue weighted by Gasteiger charge is -2.20. The van der Waals surface area contributed by atoms with Crippen molar-refractivity contribution >= 4 is 17.6 Å². The molecule has 0 aliphatic heterocycles. The van der Waals surface area contributed by atoms with Crippen molar-refractivity contribution < 1.29 is 9.59 Å².